The summed E-state index contributed by atoms with van der Waals surface area (Å²) in [7, 11) is -3.87. The van der Waals surface area contributed by atoms with Crippen LogP contribution in [-0.4, -0.2) is 30.0 Å². The lowest BCUT2D eigenvalue weighted by Gasteiger charge is -2.25. The maximum Gasteiger partial charge on any atom is 0.323 e. The molecule has 4 N–H and O–H groups in total. The Kier molecular flexibility index (Phi) is 5.47. The van der Waals surface area contributed by atoms with Gasteiger partial charge in [-0.15, -0.1) is 11.8 Å². The summed E-state index contributed by atoms with van der Waals surface area (Å²) >= 11 is 1.79. The predicted octanol–water partition coefficient (Wildman–Crippen LogP) is 3.62. The standard InChI is InChI=1S/C23H20N4O4S2/c28-22(24-18-11-12-32-21-4-2-1-3-17(18)21)14-5-7-15(8-6-14)27-33(30,31)16-9-10-19-20(13-16)26-23(29)25-19/h1-10,13,18,27H,11-12H2,(H,24,28)(H2,25,26,29)/t18-/m0/s1. The van der Waals surface area contributed by atoms with Gasteiger partial charge in [-0.1, -0.05) is 18.2 Å². The van der Waals surface area contributed by atoms with Crippen molar-refractivity contribution in [2.45, 2.75) is 22.3 Å². The van der Waals surface area contributed by atoms with E-state index in [0.717, 1.165) is 17.7 Å². The zero-order valence-electron chi connectivity index (χ0n) is 17.3. The molecule has 0 saturated heterocycles. The molecule has 0 fully saturated rings. The van der Waals surface area contributed by atoms with E-state index in [1.54, 1.807) is 36.0 Å². The third-order valence-electron chi connectivity index (χ3n) is 5.46. The van der Waals surface area contributed by atoms with Gasteiger partial charge in [-0.25, -0.2) is 13.2 Å². The van der Waals surface area contributed by atoms with Gasteiger partial charge in [0.1, 0.15) is 0 Å². The summed E-state index contributed by atoms with van der Waals surface area (Å²) < 4.78 is 28.0. The summed E-state index contributed by atoms with van der Waals surface area (Å²) in [5, 5.41) is 3.08. The number of hydrogen-bond acceptors (Lipinski definition) is 5. The van der Waals surface area contributed by atoms with Crippen molar-refractivity contribution in [3.05, 3.63) is 88.3 Å². The molecule has 33 heavy (non-hydrogen) atoms. The van der Waals surface area contributed by atoms with E-state index in [2.05, 4.69) is 26.1 Å². The Hall–Kier alpha value is -3.50. The van der Waals surface area contributed by atoms with E-state index in [1.165, 1.54) is 23.1 Å². The fourth-order valence-electron chi connectivity index (χ4n) is 3.82. The van der Waals surface area contributed by atoms with Crippen molar-refractivity contribution in [2.24, 2.45) is 0 Å². The van der Waals surface area contributed by atoms with Gasteiger partial charge in [-0.2, -0.15) is 0 Å². The lowest BCUT2D eigenvalue weighted by molar-refractivity contribution is 0.0935. The molecule has 0 saturated carbocycles. The van der Waals surface area contributed by atoms with Crippen molar-refractivity contribution in [1.29, 1.82) is 0 Å². The van der Waals surface area contributed by atoms with Crippen LogP contribution in [-0.2, 0) is 10.0 Å². The number of carbonyl (C=O) groups is 1. The van der Waals surface area contributed by atoms with E-state index in [-0.39, 0.29) is 16.8 Å². The Morgan fingerprint density at radius 2 is 1.73 bits per heavy atom. The lowest BCUT2D eigenvalue weighted by Crippen LogP contribution is -2.30. The number of carbonyl (C=O) groups excluding carboxylic acids is 1. The average Bonchev–Trinajstić information content (AvgIpc) is 3.19. The average molecular weight is 481 g/mol. The van der Waals surface area contributed by atoms with Crippen LogP contribution in [0.1, 0.15) is 28.4 Å². The van der Waals surface area contributed by atoms with E-state index in [9.17, 15) is 18.0 Å². The van der Waals surface area contributed by atoms with Crippen molar-refractivity contribution >= 4 is 44.4 Å². The first-order valence-electron chi connectivity index (χ1n) is 10.3. The van der Waals surface area contributed by atoms with Crippen LogP contribution in [0.3, 0.4) is 0 Å². The van der Waals surface area contributed by atoms with Gasteiger partial charge in [-0.05, 0) is 60.5 Å². The summed E-state index contributed by atoms with van der Waals surface area (Å²) in [6.07, 6.45) is 0.849. The summed E-state index contributed by atoms with van der Waals surface area (Å²) in [5.41, 5.74) is 2.41. The Labute approximate surface area is 193 Å². The first kappa shape index (κ1) is 21.4. The van der Waals surface area contributed by atoms with Gasteiger partial charge in [0.25, 0.3) is 15.9 Å². The molecular weight excluding hydrogens is 460 g/mol. The molecule has 4 aromatic rings. The number of sulfonamides is 1. The topological polar surface area (TPSA) is 124 Å². The second kappa shape index (κ2) is 8.45. The number of imidazole rings is 1. The molecule has 0 aliphatic carbocycles. The van der Waals surface area contributed by atoms with E-state index in [0.29, 0.717) is 22.3 Å². The number of amides is 1. The van der Waals surface area contributed by atoms with Crippen molar-refractivity contribution in [3.63, 3.8) is 0 Å². The number of anilines is 1. The minimum atomic E-state index is -3.87. The van der Waals surface area contributed by atoms with Gasteiger partial charge < -0.3 is 15.3 Å². The highest BCUT2D eigenvalue weighted by Crippen LogP contribution is 2.36. The highest BCUT2D eigenvalue weighted by molar-refractivity contribution is 7.99. The van der Waals surface area contributed by atoms with Crippen molar-refractivity contribution in [1.82, 2.24) is 15.3 Å². The van der Waals surface area contributed by atoms with Crippen molar-refractivity contribution in [2.75, 3.05) is 10.5 Å². The molecule has 0 bridgehead atoms. The maximum atomic E-state index is 12.8. The molecule has 1 atom stereocenters. The highest BCUT2D eigenvalue weighted by Gasteiger charge is 2.22. The highest BCUT2D eigenvalue weighted by atomic mass is 32.2. The molecule has 3 aromatic carbocycles. The Morgan fingerprint density at radius 1 is 0.970 bits per heavy atom. The zero-order chi connectivity index (χ0) is 23.0. The minimum absolute atomic E-state index is 0.0147. The molecule has 0 spiro atoms. The van der Waals surface area contributed by atoms with E-state index >= 15 is 0 Å². The molecule has 1 aromatic heterocycles. The lowest BCUT2D eigenvalue weighted by atomic mass is 10.0. The molecule has 1 aliphatic heterocycles. The van der Waals surface area contributed by atoms with E-state index in [1.807, 2.05) is 18.2 Å². The fourth-order valence-corrected chi connectivity index (χ4v) is 6.03. The maximum absolute atomic E-state index is 12.8. The zero-order valence-corrected chi connectivity index (χ0v) is 18.9. The van der Waals surface area contributed by atoms with Crippen LogP contribution in [0.25, 0.3) is 11.0 Å². The molecule has 0 unspecified atom stereocenters. The number of H-pyrrole nitrogens is 2. The SMILES string of the molecule is O=C(N[C@H]1CCSc2ccccc21)c1ccc(NS(=O)(=O)c2ccc3[nH]c(=O)[nH]c3c2)cc1. The van der Waals surface area contributed by atoms with Crippen LogP contribution in [0.4, 0.5) is 5.69 Å². The fraction of sp³-hybridized carbons (Fsp3) is 0.130. The quantitative estimate of drug-likeness (QED) is 0.347. The van der Waals surface area contributed by atoms with Crippen LogP contribution < -0.4 is 15.7 Å². The van der Waals surface area contributed by atoms with Crippen molar-refractivity contribution in [3.8, 4) is 0 Å². The largest absolute Gasteiger partial charge is 0.345 e. The molecule has 0 radical (unpaired) electrons. The van der Waals surface area contributed by atoms with Gasteiger partial charge in [0.15, 0.2) is 0 Å². The van der Waals surface area contributed by atoms with Gasteiger partial charge in [0.05, 0.1) is 22.0 Å². The number of aromatic amines is 2. The van der Waals surface area contributed by atoms with Crippen LogP contribution in [0.2, 0.25) is 0 Å². The third-order valence-corrected chi connectivity index (χ3v) is 7.96. The van der Waals surface area contributed by atoms with Crippen LogP contribution >= 0.6 is 11.8 Å². The number of fused-ring (bicyclic) bond motifs is 2. The molecule has 5 rings (SSSR count). The van der Waals surface area contributed by atoms with Crippen LogP contribution in [0.15, 0.2) is 81.3 Å². The third kappa shape index (κ3) is 4.39. The molecule has 8 nitrogen and oxygen atoms in total. The Bertz CT molecular complexity index is 1510. The second-order valence-corrected chi connectivity index (χ2v) is 10.5. The number of aromatic nitrogens is 2. The van der Waals surface area contributed by atoms with Gasteiger partial charge in [0, 0.05) is 21.9 Å². The molecule has 2 heterocycles. The molecule has 10 heteroatoms. The van der Waals surface area contributed by atoms with Crippen LogP contribution in [0, 0.1) is 0 Å². The van der Waals surface area contributed by atoms with Crippen LogP contribution in [0.5, 0.6) is 0 Å². The van der Waals surface area contributed by atoms with E-state index < -0.39 is 15.7 Å². The van der Waals surface area contributed by atoms with Crippen molar-refractivity contribution < 1.29 is 13.2 Å². The molecule has 1 amide bonds. The Morgan fingerprint density at radius 3 is 2.55 bits per heavy atom. The number of rotatable bonds is 5. The number of benzene rings is 3. The summed E-state index contributed by atoms with van der Waals surface area (Å²) in [6.45, 7) is 0. The first-order valence-corrected chi connectivity index (χ1v) is 12.7. The number of nitrogens with one attached hydrogen (secondary N) is 4. The van der Waals surface area contributed by atoms with Gasteiger partial charge in [0.2, 0.25) is 0 Å². The van der Waals surface area contributed by atoms with Gasteiger partial charge in [-0.3, -0.25) is 9.52 Å². The number of hydrogen-bond donors (Lipinski definition) is 4. The summed E-state index contributed by atoms with van der Waals surface area (Å²) in [6, 6.07) is 18.6. The summed E-state index contributed by atoms with van der Waals surface area (Å²) in [4.78, 5) is 30.5. The molecule has 1 aliphatic rings. The minimum Gasteiger partial charge on any atom is -0.345 e. The van der Waals surface area contributed by atoms with E-state index in [4.69, 9.17) is 0 Å². The smallest absolute Gasteiger partial charge is 0.323 e. The summed E-state index contributed by atoms with van der Waals surface area (Å²) in [5.74, 6) is 0.725. The molecular formula is C23H20N4O4S2. The Balaban J connectivity index is 1.30. The second-order valence-electron chi connectivity index (χ2n) is 7.67. The predicted molar refractivity (Wildman–Crippen MR) is 128 cm³/mol. The first-order chi connectivity index (χ1) is 15.9. The van der Waals surface area contributed by atoms with Gasteiger partial charge >= 0.3 is 5.69 Å². The molecule has 168 valence electrons. The number of thioether (sulfide) groups is 1. The monoisotopic (exact) mass is 480 g/mol. The normalized spacial score (nSPS) is 15.7.